The quantitative estimate of drug-likeness (QED) is 0.577. The first kappa shape index (κ1) is 17.0. The van der Waals surface area contributed by atoms with Gasteiger partial charge in [0.1, 0.15) is 11.5 Å². The number of hydrogen-bond acceptors (Lipinski definition) is 2. The van der Waals surface area contributed by atoms with Crippen molar-refractivity contribution in [1.82, 2.24) is 9.38 Å². The highest BCUT2D eigenvalue weighted by Gasteiger charge is 2.08. The molecule has 2 aromatic carbocycles. The Bertz CT molecular complexity index is 1120. The van der Waals surface area contributed by atoms with E-state index in [0.29, 0.717) is 5.69 Å². The van der Waals surface area contributed by atoms with Gasteiger partial charge in [0.2, 0.25) is 5.91 Å². The van der Waals surface area contributed by atoms with E-state index in [1.165, 1.54) is 12.1 Å². The Kier molecular flexibility index (Phi) is 4.42. The topological polar surface area (TPSA) is 46.4 Å². The van der Waals surface area contributed by atoms with Crippen LogP contribution in [0.25, 0.3) is 16.9 Å². The highest BCUT2D eigenvalue weighted by atomic mass is 19.1. The second kappa shape index (κ2) is 7.03. The smallest absolute Gasteiger partial charge is 0.228 e. The molecule has 0 aliphatic rings. The zero-order valence-corrected chi connectivity index (χ0v) is 14.8. The molecule has 0 aliphatic heterocycles. The number of nitrogens with zero attached hydrogens (tertiary/aromatic N) is 2. The molecule has 4 nitrogen and oxygen atoms in total. The van der Waals surface area contributed by atoms with Crippen LogP contribution in [0, 0.1) is 12.7 Å². The number of aromatic nitrogens is 2. The molecule has 1 N–H and O–H groups in total. The van der Waals surface area contributed by atoms with Gasteiger partial charge in [-0.15, -0.1) is 0 Å². The summed E-state index contributed by atoms with van der Waals surface area (Å²) in [7, 11) is 0. The van der Waals surface area contributed by atoms with Gasteiger partial charge in [-0.05, 0) is 48.4 Å². The van der Waals surface area contributed by atoms with Gasteiger partial charge in [-0.2, -0.15) is 0 Å². The summed E-state index contributed by atoms with van der Waals surface area (Å²) in [6.45, 7) is 2.04. The molecule has 1 amide bonds. The van der Waals surface area contributed by atoms with E-state index in [1.807, 2.05) is 60.1 Å². The van der Waals surface area contributed by atoms with E-state index >= 15 is 0 Å². The molecule has 0 unspecified atom stereocenters. The largest absolute Gasteiger partial charge is 0.326 e. The van der Waals surface area contributed by atoms with Crippen LogP contribution in [0.4, 0.5) is 10.1 Å². The van der Waals surface area contributed by atoms with Crippen LogP contribution in [-0.2, 0) is 11.2 Å². The number of anilines is 1. The summed E-state index contributed by atoms with van der Waals surface area (Å²) < 4.78 is 15.0. The summed E-state index contributed by atoms with van der Waals surface area (Å²) in [5.74, 6) is -0.459. The third-order valence-electron chi connectivity index (χ3n) is 4.32. The zero-order chi connectivity index (χ0) is 18.8. The number of carbonyl (C=O) groups excluding carboxylic acids is 1. The van der Waals surface area contributed by atoms with Crippen molar-refractivity contribution < 1.29 is 9.18 Å². The number of rotatable bonds is 4. The van der Waals surface area contributed by atoms with Crippen LogP contribution in [0.5, 0.6) is 0 Å². The number of amides is 1. The SMILES string of the molecule is Cc1ccc2nc(-c3cccc(NC(=O)Cc4ccc(F)cc4)c3)cn2c1. The van der Waals surface area contributed by atoms with Crippen LogP contribution < -0.4 is 5.32 Å². The Morgan fingerprint density at radius 2 is 1.89 bits per heavy atom. The fraction of sp³-hybridized carbons (Fsp3) is 0.0909. The average Bonchev–Trinajstić information content (AvgIpc) is 3.07. The van der Waals surface area contributed by atoms with Crippen molar-refractivity contribution in [3.05, 3.63) is 90.0 Å². The van der Waals surface area contributed by atoms with Gasteiger partial charge in [0, 0.05) is 23.6 Å². The zero-order valence-electron chi connectivity index (χ0n) is 14.8. The molecule has 27 heavy (non-hydrogen) atoms. The van der Waals surface area contributed by atoms with Gasteiger partial charge in [-0.25, -0.2) is 9.37 Å². The van der Waals surface area contributed by atoms with E-state index in [4.69, 9.17) is 0 Å². The standard InChI is InChI=1S/C22H18FN3O/c1-15-5-10-21-25-20(14-26(21)13-15)17-3-2-4-19(12-17)24-22(27)11-16-6-8-18(23)9-7-16/h2-10,12-14H,11H2,1H3,(H,24,27). The molecule has 0 bridgehead atoms. The second-order valence-electron chi connectivity index (χ2n) is 6.53. The summed E-state index contributed by atoms with van der Waals surface area (Å²) in [6, 6.07) is 17.5. The number of halogens is 1. The summed E-state index contributed by atoms with van der Waals surface area (Å²) >= 11 is 0. The van der Waals surface area contributed by atoms with Crippen LogP contribution >= 0.6 is 0 Å². The van der Waals surface area contributed by atoms with Gasteiger partial charge in [-0.3, -0.25) is 4.79 Å². The molecule has 0 fully saturated rings. The lowest BCUT2D eigenvalue weighted by atomic mass is 10.1. The van der Waals surface area contributed by atoms with E-state index < -0.39 is 0 Å². The number of nitrogens with one attached hydrogen (secondary N) is 1. The maximum Gasteiger partial charge on any atom is 0.228 e. The van der Waals surface area contributed by atoms with Crippen molar-refractivity contribution in [2.75, 3.05) is 5.32 Å². The number of hydrogen-bond donors (Lipinski definition) is 1. The number of benzene rings is 2. The van der Waals surface area contributed by atoms with E-state index in [9.17, 15) is 9.18 Å². The first-order chi connectivity index (χ1) is 13.1. The number of imidazole rings is 1. The summed E-state index contributed by atoms with van der Waals surface area (Å²) in [5, 5.41) is 2.89. The Hall–Kier alpha value is -3.47. The van der Waals surface area contributed by atoms with E-state index in [0.717, 1.165) is 28.0 Å². The minimum atomic E-state index is -0.311. The van der Waals surface area contributed by atoms with Crippen molar-refractivity contribution in [1.29, 1.82) is 0 Å². The predicted molar refractivity (Wildman–Crippen MR) is 104 cm³/mol. The van der Waals surface area contributed by atoms with E-state index in [1.54, 1.807) is 12.1 Å². The van der Waals surface area contributed by atoms with Gasteiger partial charge in [0.25, 0.3) is 0 Å². The van der Waals surface area contributed by atoms with Crippen LogP contribution in [0.2, 0.25) is 0 Å². The average molecular weight is 359 g/mol. The molecule has 5 heteroatoms. The monoisotopic (exact) mass is 359 g/mol. The van der Waals surface area contributed by atoms with Crippen LogP contribution in [0.15, 0.2) is 73.1 Å². The van der Waals surface area contributed by atoms with Crippen molar-refractivity contribution in [2.24, 2.45) is 0 Å². The van der Waals surface area contributed by atoms with Gasteiger partial charge >= 0.3 is 0 Å². The number of aryl methyl sites for hydroxylation is 1. The Morgan fingerprint density at radius 1 is 1.07 bits per heavy atom. The lowest BCUT2D eigenvalue weighted by Gasteiger charge is -2.07. The third-order valence-corrected chi connectivity index (χ3v) is 4.32. The van der Waals surface area contributed by atoms with Crippen LogP contribution in [0.3, 0.4) is 0 Å². The molecule has 4 rings (SSSR count). The molecule has 2 heterocycles. The number of pyridine rings is 1. The molecule has 4 aromatic rings. The van der Waals surface area contributed by atoms with Gasteiger partial charge in [-0.1, -0.05) is 30.3 Å². The third kappa shape index (κ3) is 3.87. The fourth-order valence-corrected chi connectivity index (χ4v) is 2.99. The van der Waals surface area contributed by atoms with Gasteiger partial charge < -0.3 is 9.72 Å². The number of carbonyl (C=O) groups is 1. The van der Waals surface area contributed by atoms with Gasteiger partial charge in [0.15, 0.2) is 0 Å². The van der Waals surface area contributed by atoms with E-state index in [-0.39, 0.29) is 18.1 Å². The Labute approximate surface area is 156 Å². The minimum absolute atomic E-state index is 0.149. The maximum absolute atomic E-state index is 13.0. The van der Waals surface area contributed by atoms with Crippen molar-refractivity contribution >= 4 is 17.2 Å². The lowest BCUT2D eigenvalue weighted by Crippen LogP contribution is -2.14. The molecular weight excluding hydrogens is 341 g/mol. The minimum Gasteiger partial charge on any atom is -0.326 e. The highest BCUT2D eigenvalue weighted by Crippen LogP contribution is 2.23. The van der Waals surface area contributed by atoms with Crippen LogP contribution in [-0.4, -0.2) is 15.3 Å². The fourth-order valence-electron chi connectivity index (χ4n) is 2.99. The van der Waals surface area contributed by atoms with Crippen LogP contribution in [0.1, 0.15) is 11.1 Å². The molecule has 0 spiro atoms. The van der Waals surface area contributed by atoms with Crippen molar-refractivity contribution in [2.45, 2.75) is 13.3 Å². The molecule has 2 aromatic heterocycles. The van der Waals surface area contributed by atoms with E-state index in [2.05, 4.69) is 10.3 Å². The summed E-state index contributed by atoms with van der Waals surface area (Å²) in [4.78, 5) is 16.9. The van der Waals surface area contributed by atoms with Crippen molar-refractivity contribution in [3.63, 3.8) is 0 Å². The second-order valence-corrected chi connectivity index (χ2v) is 6.53. The Morgan fingerprint density at radius 3 is 2.70 bits per heavy atom. The highest BCUT2D eigenvalue weighted by molar-refractivity contribution is 5.92. The molecule has 0 aliphatic carbocycles. The molecule has 0 saturated heterocycles. The Balaban J connectivity index is 1.52. The summed E-state index contributed by atoms with van der Waals surface area (Å²) in [6.07, 6.45) is 4.19. The van der Waals surface area contributed by atoms with Gasteiger partial charge in [0.05, 0.1) is 12.1 Å². The van der Waals surface area contributed by atoms with Crippen molar-refractivity contribution in [3.8, 4) is 11.3 Å². The molecule has 0 atom stereocenters. The maximum atomic E-state index is 13.0. The molecule has 134 valence electrons. The number of fused-ring (bicyclic) bond motifs is 1. The normalized spacial score (nSPS) is 10.9. The predicted octanol–water partition coefficient (Wildman–Crippen LogP) is 4.63. The lowest BCUT2D eigenvalue weighted by molar-refractivity contribution is -0.115. The molecular formula is C22H18FN3O. The molecule has 0 saturated carbocycles. The summed E-state index contributed by atoms with van der Waals surface area (Å²) in [5.41, 5.74) is 5.27. The first-order valence-corrected chi connectivity index (χ1v) is 8.67. The first-order valence-electron chi connectivity index (χ1n) is 8.67. The molecule has 0 radical (unpaired) electrons.